The Kier molecular flexibility index (Phi) is 15.4. The van der Waals surface area contributed by atoms with E-state index in [9.17, 15) is 14.1 Å². The van der Waals surface area contributed by atoms with Crippen molar-refractivity contribution in [2.45, 2.75) is 71.0 Å². The standard InChI is InChI=1S/C34H47ClN6O4S/c1-5-41(20-11-8-6-7-9-14-25(2)26(3)46(44)39-34(43)28-23-37-40(4)24-28)33-31(19-18-30(38-33)32(36)42)45-21-12-10-15-27-16-13-17-29(35)22-27/h7,9,13,16-19,22-26H,5-6,8,10-12,14-15,20-21H2,1-4H3,(H2,36,42)(H,39,43)/b9-7+/t25-,26+,46?/m0/s1. The molecule has 0 bridgehead atoms. The number of unbranched alkanes of at least 4 members (excludes halogenated alkanes) is 3. The van der Waals surface area contributed by atoms with Crippen LogP contribution >= 0.6 is 11.6 Å². The topological polar surface area (TPSA) is 138 Å². The fourth-order valence-electron chi connectivity index (χ4n) is 4.81. The highest BCUT2D eigenvalue weighted by Crippen LogP contribution is 2.27. The molecule has 0 fully saturated rings. The van der Waals surface area contributed by atoms with Crippen LogP contribution < -0.4 is 20.1 Å². The molecule has 0 aliphatic rings. The summed E-state index contributed by atoms with van der Waals surface area (Å²) in [6.07, 6.45) is 13.7. The summed E-state index contributed by atoms with van der Waals surface area (Å²) in [4.78, 5) is 30.8. The number of nitrogens with two attached hydrogens (primary N) is 1. The van der Waals surface area contributed by atoms with Gasteiger partial charge in [0.25, 0.3) is 11.8 Å². The number of aryl methyl sites for hydroxylation is 2. The summed E-state index contributed by atoms with van der Waals surface area (Å²) in [6.45, 7) is 7.98. The van der Waals surface area contributed by atoms with Crippen LogP contribution in [0, 0.1) is 5.92 Å². The number of rotatable bonds is 20. The van der Waals surface area contributed by atoms with Crippen LogP contribution in [0.5, 0.6) is 5.75 Å². The minimum Gasteiger partial charge on any atom is -0.593 e. The molecule has 2 aromatic heterocycles. The quantitative estimate of drug-likeness (QED) is 0.0850. The molecule has 1 unspecified atom stereocenters. The Balaban J connectivity index is 1.42. The molecule has 46 heavy (non-hydrogen) atoms. The van der Waals surface area contributed by atoms with Gasteiger partial charge in [-0.05, 0) is 88.6 Å². The van der Waals surface area contributed by atoms with Gasteiger partial charge in [-0.2, -0.15) is 9.82 Å². The lowest BCUT2D eigenvalue weighted by Crippen LogP contribution is -2.39. The fraction of sp³-hybridized carbons (Fsp3) is 0.471. The molecule has 3 N–H and O–H groups in total. The summed E-state index contributed by atoms with van der Waals surface area (Å²) in [6, 6.07) is 11.3. The number of aromatic nitrogens is 3. The summed E-state index contributed by atoms with van der Waals surface area (Å²) < 4.78 is 22.9. The van der Waals surface area contributed by atoms with Gasteiger partial charge in [0.05, 0.1) is 29.7 Å². The average Bonchev–Trinajstić information content (AvgIpc) is 3.48. The van der Waals surface area contributed by atoms with Crippen molar-refractivity contribution in [3.8, 4) is 5.75 Å². The molecule has 0 spiro atoms. The lowest BCUT2D eigenvalue weighted by Gasteiger charge is -2.24. The van der Waals surface area contributed by atoms with E-state index in [4.69, 9.17) is 22.1 Å². The molecule has 10 nitrogen and oxygen atoms in total. The lowest BCUT2D eigenvalue weighted by atomic mass is 10.0. The van der Waals surface area contributed by atoms with Crippen molar-refractivity contribution in [2.75, 3.05) is 24.6 Å². The normalized spacial score (nSPS) is 13.3. The smallest absolute Gasteiger partial charge is 0.295 e. The first-order valence-electron chi connectivity index (χ1n) is 15.9. The van der Waals surface area contributed by atoms with E-state index in [0.29, 0.717) is 30.3 Å². The first-order valence-corrected chi connectivity index (χ1v) is 17.5. The van der Waals surface area contributed by atoms with Crippen molar-refractivity contribution < 1.29 is 18.9 Å². The predicted molar refractivity (Wildman–Crippen MR) is 186 cm³/mol. The minimum atomic E-state index is -1.50. The number of amides is 2. The number of hydrogen-bond acceptors (Lipinski definition) is 7. The van der Waals surface area contributed by atoms with E-state index in [-0.39, 0.29) is 22.8 Å². The molecular formula is C34H47ClN6O4S. The molecule has 250 valence electrons. The Morgan fingerprint density at radius 1 is 1.17 bits per heavy atom. The highest BCUT2D eigenvalue weighted by atomic mass is 35.5. The SMILES string of the molecule is CCN(CCCC/C=C/C[C@H](C)[C@@H](C)[S+]([O-])NC(=O)c1cnn(C)c1)c1nc(C(N)=O)ccc1OCCCCc1cccc(Cl)c1. The largest absolute Gasteiger partial charge is 0.593 e. The Morgan fingerprint density at radius 3 is 2.67 bits per heavy atom. The Morgan fingerprint density at radius 2 is 1.98 bits per heavy atom. The van der Waals surface area contributed by atoms with E-state index < -0.39 is 17.3 Å². The number of allylic oxidation sites excluding steroid dienone is 2. The van der Waals surface area contributed by atoms with Crippen LogP contribution in [-0.4, -0.2) is 56.1 Å². The Bertz CT molecular complexity index is 1430. The zero-order chi connectivity index (χ0) is 33.5. The molecule has 2 amide bonds. The number of hydrogen-bond donors (Lipinski definition) is 2. The molecule has 3 aromatic rings. The number of ether oxygens (including phenoxy) is 1. The van der Waals surface area contributed by atoms with Crippen molar-refractivity contribution in [3.63, 3.8) is 0 Å². The van der Waals surface area contributed by atoms with Crippen LogP contribution in [0.25, 0.3) is 0 Å². The van der Waals surface area contributed by atoms with Gasteiger partial charge in [-0.3, -0.25) is 14.3 Å². The second-order valence-electron chi connectivity index (χ2n) is 11.4. The number of primary amides is 1. The van der Waals surface area contributed by atoms with Crippen LogP contribution in [0.3, 0.4) is 0 Å². The van der Waals surface area contributed by atoms with Gasteiger partial charge in [-0.15, -0.1) is 0 Å². The fourth-order valence-corrected chi connectivity index (χ4v) is 6.04. The minimum absolute atomic E-state index is 0.126. The van der Waals surface area contributed by atoms with Crippen molar-refractivity contribution in [2.24, 2.45) is 18.7 Å². The summed E-state index contributed by atoms with van der Waals surface area (Å²) >= 11 is 4.60. The lowest BCUT2D eigenvalue weighted by molar-refractivity contribution is 0.0976. The third kappa shape index (κ3) is 12.0. The molecule has 12 heteroatoms. The van der Waals surface area contributed by atoms with E-state index >= 15 is 0 Å². The molecule has 0 radical (unpaired) electrons. The van der Waals surface area contributed by atoms with Crippen molar-refractivity contribution in [1.29, 1.82) is 0 Å². The Hall–Kier alpha value is -3.54. The molecule has 1 aromatic carbocycles. The van der Waals surface area contributed by atoms with Gasteiger partial charge >= 0.3 is 0 Å². The van der Waals surface area contributed by atoms with Gasteiger partial charge < -0.3 is 19.9 Å². The van der Waals surface area contributed by atoms with E-state index in [1.165, 1.54) is 16.4 Å². The van der Waals surface area contributed by atoms with Crippen molar-refractivity contribution in [3.05, 3.63) is 82.8 Å². The third-order valence-electron chi connectivity index (χ3n) is 7.80. The number of pyridine rings is 1. The molecular weight excluding hydrogens is 624 g/mol. The van der Waals surface area contributed by atoms with Crippen LogP contribution in [0.2, 0.25) is 5.02 Å². The van der Waals surface area contributed by atoms with E-state index in [2.05, 4.69) is 44.8 Å². The van der Waals surface area contributed by atoms with Gasteiger partial charge in [-0.1, -0.05) is 42.8 Å². The number of nitrogens with one attached hydrogen (secondary N) is 1. The van der Waals surface area contributed by atoms with Crippen LogP contribution in [-0.2, 0) is 24.8 Å². The molecule has 2 heterocycles. The first-order chi connectivity index (χ1) is 22.1. The molecule has 0 saturated carbocycles. The van der Waals surface area contributed by atoms with Crippen molar-refractivity contribution in [1.82, 2.24) is 19.5 Å². The summed E-state index contributed by atoms with van der Waals surface area (Å²) in [5.74, 6) is 0.448. The average molecular weight is 671 g/mol. The highest BCUT2D eigenvalue weighted by Gasteiger charge is 2.26. The second kappa shape index (κ2) is 19.2. The highest BCUT2D eigenvalue weighted by molar-refractivity contribution is 7.90. The van der Waals surface area contributed by atoms with Gasteiger partial charge in [0.2, 0.25) is 0 Å². The van der Waals surface area contributed by atoms with E-state index in [0.717, 1.165) is 56.5 Å². The summed E-state index contributed by atoms with van der Waals surface area (Å²) in [5, 5.41) is 4.52. The van der Waals surface area contributed by atoms with E-state index in [1.807, 2.05) is 32.0 Å². The zero-order valence-electron chi connectivity index (χ0n) is 27.3. The van der Waals surface area contributed by atoms with E-state index in [1.54, 1.807) is 25.4 Å². The maximum atomic E-state index is 12.7. The number of benzene rings is 1. The van der Waals surface area contributed by atoms with Crippen LogP contribution in [0.4, 0.5) is 5.82 Å². The Labute approximate surface area is 281 Å². The number of nitrogens with zero attached hydrogens (tertiary/aromatic N) is 4. The zero-order valence-corrected chi connectivity index (χ0v) is 28.9. The number of carbonyl (C=O) groups excluding carboxylic acids is 2. The number of anilines is 1. The molecule has 0 aliphatic heterocycles. The number of carbonyl (C=O) groups is 2. The molecule has 0 saturated heterocycles. The van der Waals surface area contributed by atoms with Gasteiger partial charge in [0, 0.05) is 37.3 Å². The maximum absolute atomic E-state index is 12.7. The van der Waals surface area contributed by atoms with Gasteiger partial charge in [0.1, 0.15) is 10.9 Å². The summed E-state index contributed by atoms with van der Waals surface area (Å²) in [7, 11) is 1.73. The maximum Gasteiger partial charge on any atom is 0.295 e. The second-order valence-corrected chi connectivity index (χ2v) is 13.4. The molecule has 3 atom stereocenters. The molecule has 3 rings (SSSR count). The monoisotopic (exact) mass is 670 g/mol. The third-order valence-corrected chi connectivity index (χ3v) is 9.56. The van der Waals surface area contributed by atoms with Crippen molar-refractivity contribution >= 4 is 40.6 Å². The first kappa shape index (κ1) is 36.9. The van der Waals surface area contributed by atoms with Crippen LogP contribution in [0.15, 0.2) is 60.9 Å². The number of halogens is 1. The van der Waals surface area contributed by atoms with Gasteiger partial charge in [-0.25, -0.2) is 4.98 Å². The van der Waals surface area contributed by atoms with Gasteiger partial charge in [0.15, 0.2) is 11.6 Å². The predicted octanol–water partition coefficient (Wildman–Crippen LogP) is 6.03. The van der Waals surface area contributed by atoms with Crippen LogP contribution in [0.1, 0.15) is 85.7 Å². The summed E-state index contributed by atoms with van der Waals surface area (Å²) in [5.41, 5.74) is 7.34. The molecule has 0 aliphatic carbocycles.